The van der Waals surface area contributed by atoms with Crippen molar-refractivity contribution in [3.05, 3.63) is 50.9 Å². The largest absolute Gasteiger partial charge is 0.493 e. The Balaban J connectivity index is 2.29. The van der Waals surface area contributed by atoms with Gasteiger partial charge in [0.05, 0.1) is 18.7 Å². The van der Waals surface area contributed by atoms with Crippen molar-refractivity contribution in [1.29, 1.82) is 0 Å². The first kappa shape index (κ1) is 15.9. The fourth-order valence-electron chi connectivity index (χ4n) is 1.82. The number of methoxy groups -OCH3 is 2. The molecule has 0 saturated heterocycles. The number of amides is 1. The number of carbonyl (C=O) groups excluding carboxylic acids is 1. The van der Waals surface area contributed by atoms with Crippen LogP contribution >= 0.6 is 31.9 Å². The number of anilines is 1. The molecule has 110 valence electrons. The van der Waals surface area contributed by atoms with E-state index in [2.05, 4.69) is 37.2 Å². The molecule has 2 aromatic carbocycles. The number of ether oxygens (including phenoxy) is 2. The average Bonchev–Trinajstić information content (AvgIpc) is 2.46. The van der Waals surface area contributed by atoms with Crippen LogP contribution in [-0.4, -0.2) is 20.1 Å². The Hall–Kier alpha value is -1.53. The lowest BCUT2D eigenvalue weighted by atomic mass is 10.2. The molecule has 21 heavy (non-hydrogen) atoms. The van der Waals surface area contributed by atoms with Gasteiger partial charge in [-0.1, -0.05) is 22.0 Å². The second-order valence-corrected chi connectivity index (χ2v) is 5.93. The lowest BCUT2D eigenvalue weighted by molar-refractivity contribution is 0.102. The van der Waals surface area contributed by atoms with E-state index in [9.17, 15) is 4.79 Å². The molecule has 2 aromatic rings. The van der Waals surface area contributed by atoms with Crippen LogP contribution in [-0.2, 0) is 0 Å². The zero-order valence-corrected chi connectivity index (χ0v) is 14.6. The minimum atomic E-state index is -0.227. The molecule has 0 heterocycles. The third kappa shape index (κ3) is 3.77. The van der Waals surface area contributed by atoms with E-state index in [1.54, 1.807) is 19.2 Å². The van der Waals surface area contributed by atoms with E-state index in [0.717, 1.165) is 4.47 Å². The molecular weight excluding hydrogens is 402 g/mol. The number of hydrogen-bond acceptors (Lipinski definition) is 3. The number of halogens is 2. The van der Waals surface area contributed by atoms with Gasteiger partial charge in [-0.05, 0) is 46.3 Å². The second-order valence-electron chi connectivity index (χ2n) is 4.16. The minimum Gasteiger partial charge on any atom is -0.493 e. The van der Waals surface area contributed by atoms with Gasteiger partial charge in [0.15, 0.2) is 11.5 Å². The first-order valence-corrected chi connectivity index (χ1v) is 7.62. The SMILES string of the molecule is COc1cc(C(=O)Nc2cccc(Br)c2)cc(Br)c1OC. The van der Waals surface area contributed by atoms with Crippen LogP contribution < -0.4 is 14.8 Å². The first-order valence-electron chi connectivity index (χ1n) is 6.03. The molecule has 4 nitrogen and oxygen atoms in total. The van der Waals surface area contributed by atoms with Crippen molar-refractivity contribution in [3.63, 3.8) is 0 Å². The summed E-state index contributed by atoms with van der Waals surface area (Å²) < 4.78 is 12.0. The zero-order chi connectivity index (χ0) is 15.4. The minimum absolute atomic E-state index is 0.227. The van der Waals surface area contributed by atoms with Crippen molar-refractivity contribution < 1.29 is 14.3 Å². The molecule has 0 radical (unpaired) electrons. The molecule has 0 atom stereocenters. The van der Waals surface area contributed by atoms with E-state index < -0.39 is 0 Å². The predicted molar refractivity (Wildman–Crippen MR) is 89.3 cm³/mol. The van der Waals surface area contributed by atoms with Gasteiger partial charge in [-0.15, -0.1) is 0 Å². The Bertz CT molecular complexity index is 674. The summed E-state index contributed by atoms with van der Waals surface area (Å²) in [5.74, 6) is 0.817. The van der Waals surface area contributed by atoms with Crippen LogP contribution in [0.1, 0.15) is 10.4 Å². The van der Waals surface area contributed by atoms with Crippen LogP contribution in [0.15, 0.2) is 45.3 Å². The summed E-state index contributed by atoms with van der Waals surface area (Å²) >= 11 is 6.74. The third-order valence-corrected chi connectivity index (χ3v) is 3.86. The Morgan fingerprint density at radius 1 is 1.10 bits per heavy atom. The van der Waals surface area contributed by atoms with Crippen molar-refractivity contribution in [2.24, 2.45) is 0 Å². The maximum Gasteiger partial charge on any atom is 0.255 e. The molecule has 1 N–H and O–H groups in total. The maximum absolute atomic E-state index is 12.3. The molecule has 0 fully saturated rings. The van der Waals surface area contributed by atoms with Gasteiger partial charge in [0.1, 0.15) is 0 Å². The summed E-state index contributed by atoms with van der Waals surface area (Å²) in [5, 5.41) is 2.83. The highest BCUT2D eigenvalue weighted by Crippen LogP contribution is 2.36. The van der Waals surface area contributed by atoms with Crippen LogP contribution in [0.3, 0.4) is 0 Å². The Kier molecular flexibility index (Phi) is 5.25. The summed E-state index contributed by atoms with van der Waals surface area (Å²) in [5.41, 5.74) is 1.18. The molecule has 0 aliphatic carbocycles. The molecule has 2 rings (SSSR count). The topological polar surface area (TPSA) is 47.6 Å². The van der Waals surface area contributed by atoms with E-state index in [1.807, 2.05) is 24.3 Å². The maximum atomic E-state index is 12.3. The van der Waals surface area contributed by atoms with Gasteiger partial charge in [-0.25, -0.2) is 0 Å². The fraction of sp³-hybridized carbons (Fsp3) is 0.133. The van der Waals surface area contributed by atoms with Crippen molar-refractivity contribution >= 4 is 43.5 Å². The molecular formula is C15H13Br2NO3. The Morgan fingerprint density at radius 2 is 1.86 bits per heavy atom. The molecule has 0 aliphatic heterocycles. The normalized spacial score (nSPS) is 10.1. The molecule has 0 spiro atoms. The lowest BCUT2D eigenvalue weighted by Crippen LogP contribution is -2.12. The monoisotopic (exact) mass is 413 g/mol. The molecule has 0 bridgehead atoms. The Morgan fingerprint density at radius 3 is 2.48 bits per heavy atom. The van der Waals surface area contributed by atoms with Gasteiger partial charge in [-0.2, -0.15) is 0 Å². The van der Waals surface area contributed by atoms with Crippen LogP contribution in [0.5, 0.6) is 11.5 Å². The predicted octanol–water partition coefficient (Wildman–Crippen LogP) is 4.48. The van der Waals surface area contributed by atoms with Crippen LogP contribution in [0, 0.1) is 0 Å². The van der Waals surface area contributed by atoms with Crippen LogP contribution in [0.4, 0.5) is 5.69 Å². The highest BCUT2D eigenvalue weighted by atomic mass is 79.9. The molecule has 0 unspecified atom stereocenters. The smallest absolute Gasteiger partial charge is 0.255 e. The number of rotatable bonds is 4. The van der Waals surface area contributed by atoms with Gasteiger partial charge in [0, 0.05) is 15.7 Å². The highest BCUT2D eigenvalue weighted by Gasteiger charge is 2.15. The van der Waals surface area contributed by atoms with Crippen molar-refractivity contribution in [2.75, 3.05) is 19.5 Å². The lowest BCUT2D eigenvalue weighted by Gasteiger charge is -2.12. The Labute approximate surface area is 139 Å². The molecule has 0 saturated carbocycles. The number of benzene rings is 2. The van der Waals surface area contributed by atoms with Gasteiger partial charge >= 0.3 is 0 Å². The van der Waals surface area contributed by atoms with Crippen molar-refractivity contribution in [2.45, 2.75) is 0 Å². The zero-order valence-electron chi connectivity index (χ0n) is 11.4. The van der Waals surface area contributed by atoms with E-state index in [-0.39, 0.29) is 5.91 Å². The highest BCUT2D eigenvalue weighted by molar-refractivity contribution is 9.10. The summed E-state index contributed by atoms with van der Waals surface area (Å²) in [6, 6.07) is 10.7. The molecule has 1 amide bonds. The summed E-state index contributed by atoms with van der Waals surface area (Å²) in [4.78, 5) is 12.3. The van der Waals surface area contributed by atoms with Gasteiger partial charge in [0.25, 0.3) is 5.91 Å². The van der Waals surface area contributed by atoms with Crippen molar-refractivity contribution in [1.82, 2.24) is 0 Å². The van der Waals surface area contributed by atoms with E-state index in [0.29, 0.717) is 27.2 Å². The number of carbonyl (C=O) groups is 1. The van der Waals surface area contributed by atoms with E-state index in [1.165, 1.54) is 7.11 Å². The average molecular weight is 415 g/mol. The summed E-state index contributed by atoms with van der Waals surface area (Å²) in [7, 11) is 3.07. The quantitative estimate of drug-likeness (QED) is 0.802. The fourth-order valence-corrected chi connectivity index (χ4v) is 2.82. The van der Waals surface area contributed by atoms with Crippen molar-refractivity contribution in [3.8, 4) is 11.5 Å². The summed E-state index contributed by atoms with van der Waals surface area (Å²) in [6.07, 6.45) is 0. The number of hydrogen-bond donors (Lipinski definition) is 1. The second kappa shape index (κ2) is 6.95. The molecule has 0 aliphatic rings. The van der Waals surface area contributed by atoms with Gasteiger partial charge in [0.2, 0.25) is 0 Å². The summed E-state index contributed by atoms with van der Waals surface area (Å²) in [6.45, 7) is 0. The van der Waals surface area contributed by atoms with Crippen LogP contribution in [0.2, 0.25) is 0 Å². The van der Waals surface area contributed by atoms with E-state index in [4.69, 9.17) is 9.47 Å². The number of nitrogens with one attached hydrogen (secondary N) is 1. The van der Waals surface area contributed by atoms with Gasteiger partial charge < -0.3 is 14.8 Å². The van der Waals surface area contributed by atoms with Gasteiger partial charge in [-0.3, -0.25) is 4.79 Å². The van der Waals surface area contributed by atoms with Crippen LogP contribution in [0.25, 0.3) is 0 Å². The molecule has 0 aromatic heterocycles. The first-order chi connectivity index (χ1) is 10.0. The van der Waals surface area contributed by atoms with E-state index >= 15 is 0 Å². The molecule has 6 heteroatoms. The standard InChI is InChI=1S/C15H13Br2NO3/c1-20-13-7-9(6-12(17)14(13)21-2)15(19)18-11-5-3-4-10(16)8-11/h3-8H,1-2H3,(H,18,19). The third-order valence-electron chi connectivity index (χ3n) is 2.78.